The van der Waals surface area contributed by atoms with Gasteiger partial charge in [0.1, 0.15) is 11.8 Å². The van der Waals surface area contributed by atoms with Crippen LogP contribution in [0.1, 0.15) is 22.8 Å². The number of para-hydroxylation sites is 1. The van der Waals surface area contributed by atoms with Gasteiger partial charge in [0.05, 0.1) is 17.5 Å². The minimum absolute atomic E-state index is 0.112. The summed E-state index contributed by atoms with van der Waals surface area (Å²) in [7, 11) is 0. The van der Waals surface area contributed by atoms with E-state index in [1.165, 1.54) is 6.07 Å². The van der Waals surface area contributed by atoms with Crippen molar-refractivity contribution in [2.24, 2.45) is 0 Å². The molecule has 0 radical (unpaired) electrons. The van der Waals surface area contributed by atoms with Gasteiger partial charge in [0.25, 0.3) is 0 Å². The molecule has 1 heterocycles. The highest BCUT2D eigenvalue weighted by atomic mass is 16.4. The highest BCUT2D eigenvalue weighted by Gasteiger charge is 2.13. The topological polar surface area (TPSA) is 82.7 Å². The Morgan fingerprint density at radius 1 is 1.21 bits per heavy atom. The number of aromatic carboxylic acids is 1. The number of carbonyl (C=O) groups is 1. The van der Waals surface area contributed by atoms with Crippen LogP contribution >= 0.6 is 0 Å². The Morgan fingerprint density at radius 2 is 2.00 bits per heavy atom. The summed E-state index contributed by atoms with van der Waals surface area (Å²) in [6.07, 6.45) is 2.45. The summed E-state index contributed by atoms with van der Waals surface area (Å²) in [6.45, 7) is 1.77. The third kappa shape index (κ3) is 3.31. The molecule has 122 valence electrons. The molecule has 3 N–H and O–H groups in total. The molecule has 0 fully saturated rings. The van der Waals surface area contributed by atoms with Gasteiger partial charge in [-0.2, -0.15) is 0 Å². The Bertz CT molecular complexity index is 910. The van der Waals surface area contributed by atoms with Crippen LogP contribution in [-0.4, -0.2) is 22.4 Å². The number of carboxylic acid groups (broad SMARTS) is 1. The molecule has 0 bridgehead atoms. The van der Waals surface area contributed by atoms with Crippen molar-refractivity contribution in [2.75, 3.05) is 5.32 Å². The number of carboxylic acids is 1. The molecule has 0 aliphatic carbocycles. The lowest BCUT2D eigenvalue weighted by Gasteiger charge is -2.16. The fourth-order valence-corrected chi connectivity index (χ4v) is 2.46. The number of nitrogens with one attached hydrogen (secondary N) is 1. The molecule has 24 heavy (non-hydrogen) atoms. The second kappa shape index (κ2) is 6.60. The van der Waals surface area contributed by atoms with Crippen LogP contribution in [0, 0.1) is 0 Å². The molecular formula is C19H17NO4. The first-order valence-corrected chi connectivity index (χ1v) is 7.47. The summed E-state index contributed by atoms with van der Waals surface area (Å²) in [6, 6.07) is 14.1. The van der Waals surface area contributed by atoms with Crippen LogP contribution in [0.4, 0.5) is 5.69 Å². The van der Waals surface area contributed by atoms with Crippen LogP contribution in [0.15, 0.2) is 64.8 Å². The molecule has 1 atom stereocenters. The molecule has 0 saturated carbocycles. The van der Waals surface area contributed by atoms with Gasteiger partial charge < -0.3 is 19.9 Å². The molecule has 5 heteroatoms. The molecule has 1 unspecified atom stereocenters. The maximum atomic E-state index is 11.2. The minimum atomic E-state index is -1.05. The van der Waals surface area contributed by atoms with Crippen LogP contribution in [0.5, 0.6) is 0 Å². The maximum absolute atomic E-state index is 11.2. The fraction of sp³-hybridized carbons (Fsp3) is 0.105. The molecule has 3 rings (SSSR count). The summed E-state index contributed by atoms with van der Waals surface area (Å²) in [4.78, 5) is 11.2. The molecule has 2 aromatic carbocycles. The van der Waals surface area contributed by atoms with E-state index in [1.807, 2.05) is 30.3 Å². The van der Waals surface area contributed by atoms with Crippen molar-refractivity contribution in [3.8, 4) is 0 Å². The Labute approximate surface area is 138 Å². The van der Waals surface area contributed by atoms with E-state index in [1.54, 1.807) is 31.4 Å². The standard InChI is InChI=1S/C19H17NO4/c1-12(10-13-6-7-14-8-9-24-17(14)11-13)18(21)20-16-5-3-2-4-15(16)19(22)23/h2-11,18,20-21H,1H3,(H,22,23)/b12-10+. The molecular weight excluding hydrogens is 306 g/mol. The number of rotatable bonds is 5. The van der Waals surface area contributed by atoms with Crippen LogP contribution < -0.4 is 5.32 Å². The van der Waals surface area contributed by atoms with E-state index >= 15 is 0 Å². The van der Waals surface area contributed by atoms with Gasteiger partial charge in [0, 0.05) is 5.39 Å². The van der Waals surface area contributed by atoms with Crippen molar-refractivity contribution in [1.82, 2.24) is 0 Å². The Morgan fingerprint density at radius 3 is 2.79 bits per heavy atom. The number of fused-ring (bicyclic) bond motifs is 1. The highest BCUT2D eigenvalue weighted by Crippen LogP contribution is 2.21. The van der Waals surface area contributed by atoms with Crippen molar-refractivity contribution in [3.63, 3.8) is 0 Å². The first-order chi connectivity index (χ1) is 11.5. The molecule has 0 aliphatic rings. The molecule has 5 nitrogen and oxygen atoms in total. The van der Waals surface area contributed by atoms with Crippen LogP contribution in [-0.2, 0) is 0 Å². The quantitative estimate of drug-likeness (QED) is 0.619. The number of aliphatic hydroxyl groups is 1. The number of benzene rings is 2. The van der Waals surface area contributed by atoms with Crippen LogP contribution in [0.2, 0.25) is 0 Å². The van der Waals surface area contributed by atoms with Gasteiger partial charge >= 0.3 is 5.97 Å². The number of anilines is 1. The predicted octanol–water partition coefficient (Wildman–Crippen LogP) is 3.96. The van der Waals surface area contributed by atoms with Crippen molar-refractivity contribution in [3.05, 3.63) is 71.5 Å². The van der Waals surface area contributed by atoms with Gasteiger partial charge in [-0.1, -0.05) is 30.3 Å². The summed E-state index contributed by atoms with van der Waals surface area (Å²) in [5.41, 5.74) is 2.80. The third-order valence-electron chi connectivity index (χ3n) is 3.76. The van der Waals surface area contributed by atoms with E-state index in [9.17, 15) is 15.0 Å². The van der Waals surface area contributed by atoms with Crippen molar-refractivity contribution in [1.29, 1.82) is 0 Å². The fourth-order valence-electron chi connectivity index (χ4n) is 2.46. The third-order valence-corrected chi connectivity index (χ3v) is 3.76. The lowest BCUT2D eigenvalue weighted by atomic mass is 10.1. The van der Waals surface area contributed by atoms with Gasteiger partial charge in [-0.05, 0) is 42.3 Å². The second-order valence-electron chi connectivity index (χ2n) is 5.50. The summed E-state index contributed by atoms with van der Waals surface area (Å²) < 4.78 is 5.37. The number of aliphatic hydroxyl groups excluding tert-OH is 1. The molecule has 0 saturated heterocycles. The smallest absolute Gasteiger partial charge is 0.337 e. The van der Waals surface area contributed by atoms with E-state index in [0.717, 1.165) is 16.5 Å². The minimum Gasteiger partial charge on any atom is -0.478 e. The van der Waals surface area contributed by atoms with E-state index in [0.29, 0.717) is 11.3 Å². The normalized spacial score (nSPS) is 13.0. The van der Waals surface area contributed by atoms with Gasteiger partial charge in [0.15, 0.2) is 0 Å². The van der Waals surface area contributed by atoms with Gasteiger partial charge in [-0.25, -0.2) is 4.79 Å². The SMILES string of the molecule is C/C(=C\c1ccc2ccoc2c1)C(O)Nc1ccccc1C(=O)O. The molecule has 3 aromatic rings. The molecule has 0 spiro atoms. The van der Waals surface area contributed by atoms with Gasteiger partial charge in [0.2, 0.25) is 0 Å². The monoisotopic (exact) mass is 323 g/mol. The number of furan rings is 1. The van der Waals surface area contributed by atoms with Crippen molar-refractivity contribution >= 4 is 28.7 Å². The average molecular weight is 323 g/mol. The molecule has 0 aliphatic heterocycles. The van der Waals surface area contributed by atoms with Gasteiger partial charge in [-0.15, -0.1) is 0 Å². The number of hydrogen-bond acceptors (Lipinski definition) is 4. The van der Waals surface area contributed by atoms with E-state index in [2.05, 4.69) is 5.32 Å². The first kappa shape index (κ1) is 15.8. The van der Waals surface area contributed by atoms with E-state index in [4.69, 9.17) is 4.42 Å². The van der Waals surface area contributed by atoms with Crippen molar-refractivity contribution < 1.29 is 19.4 Å². The predicted molar refractivity (Wildman–Crippen MR) is 92.9 cm³/mol. The van der Waals surface area contributed by atoms with Crippen molar-refractivity contribution in [2.45, 2.75) is 13.2 Å². The summed E-state index contributed by atoms with van der Waals surface area (Å²) in [5, 5.41) is 23.3. The lowest BCUT2D eigenvalue weighted by Crippen LogP contribution is -2.21. The van der Waals surface area contributed by atoms with Crippen LogP contribution in [0.25, 0.3) is 17.0 Å². The summed E-state index contributed by atoms with van der Waals surface area (Å²) in [5.74, 6) is -1.05. The van der Waals surface area contributed by atoms with Gasteiger partial charge in [-0.3, -0.25) is 0 Å². The Hall–Kier alpha value is -3.05. The summed E-state index contributed by atoms with van der Waals surface area (Å²) >= 11 is 0. The van der Waals surface area contributed by atoms with Crippen LogP contribution in [0.3, 0.4) is 0 Å². The average Bonchev–Trinajstić information content (AvgIpc) is 3.02. The zero-order valence-electron chi connectivity index (χ0n) is 13.1. The molecule has 0 amide bonds. The lowest BCUT2D eigenvalue weighted by molar-refractivity contribution is 0.0697. The zero-order valence-corrected chi connectivity index (χ0v) is 13.1. The van der Waals surface area contributed by atoms with E-state index < -0.39 is 12.2 Å². The highest BCUT2D eigenvalue weighted by molar-refractivity contribution is 5.94. The number of hydrogen-bond donors (Lipinski definition) is 3. The first-order valence-electron chi connectivity index (χ1n) is 7.47. The molecule has 1 aromatic heterocycles. The zero-order chi connectivity index (χ0) is 17.1. The van der Waals surface area contributed by atoms with E-state index in [-0.39, 0.29) is 5.56 Å². The maximum Gasteiger partial charge on any atom is 0.337 e. The Kier molecular flexibility index (Phi) is 4.35. The largest absolute Gasteiger partial charge is 0.478 e. The Balaban J connectivity index is 1.81. The second-order valence-corrected chi connectivity index (χ2v) is 5.50.